The second kappa shape index (κ2) is 4.78. The number of carbonyl (C=O) groups excluding carboxylic acids is 1. The van der Waals surface area contributed by atoms with Crippen LogP contribution in [0.1, 0.15) is 23.1 Å². The van der Waals surface area contributed by atoms with E-state index in [4.69, 9.17) is 0 Å². The predicted molar refractivity (Wildman–Crippen MR) is 70.5 cm³/mol. The second-order valence-corrected chi connectivity index (χ2v) is 4.81. The van der Waals surface area contributed by atoms with Crippen LogP contribution in [-0.2, 0) is 6.54 Å². The monoisotopic (exact) mass is 326 g/mol. The fourth-order valence-electron chi connectivity index (χ4n) is 1.54. The van der Waals surface area contributed by atoms with E-state index in [1.165, 1.54) is 16.1 Å². The fraction of sp³-hybridized carbons (Fsp3) is 0.167. The van der Waals surface area contributed by atoms with Gasteiger partial charge < -0.3 is 4.57 Å². The van der Waals surface area contributed by atoms with Crippen molar-refractivity contribution in [2.75, 3.05) is 0 Å². The lowest BCUT2D eigenvalue weighted by Crippen LogP contribution is -2.08. The minimum Gasteiger partial charge on any atom is -0.324 e. The second-order valence-electron chi connectivity index (χ2n) is 3.56. The number of rotatable bonds is 3. The molecule has 0 atom stereocenters. The molecule has 0 bridgehead atoms. The summed E-state index contributed by atoms with van der Waals surface area (Å²) in [6.45, 7) is 2.22. The standard InChI is InChI=1S/C12H11IN2O/c1-9(16)12-14-6-7-15(12)8-10-2-4-11(13)5-3-10/h2-7H,8H2,1H3. The summed E-state index contributed by atoms with van der Waals surface area (Å²) in [5, 5.41) is 0. The minimum atomic E-state index is -0.00416. The van der Waals surface area contributed by atoms with Crippen LogP contribution in [0.2, 0.25) is 0 Å². The molecule has 0 aliphatic rings. The number of hydrogen-bond acceptors (Lipinski definition) is 2. The molecular weight excluding hydrogens is 315 g/mol. The largest absolute Gasteiger partial charge is 0.324 e. The third kappa shape index (κ3) is 2.49. The highest BCUT2D eigenvalue weighted by molar-refractivity contribution is 14.1. The van der Waals surface area contributed by atoms with Crippen molar-refractivity contribution in [1.29, 1.82) is 0 Å². The highest BCUT2D eigenvalue weighted by Gasteiger charge is 2.07. The molecule has 0 unspecified atom stereocenters. The van der Waals surface area contributed by atoms with Gasteiger partial charge in [-0.1, -0.05) is 12.1 Å². The molecule has 1 heterocycles. The molecule has 0 N–H and O–H groups in total. The summed E-state index contributed by atoms with van der Waals surface area (Å²) >= 11 is 2.27. The topological polar surface area (TPSA) is 34.9 Å². The average molecular weight is 326 g/mol. The van der Waals surface area contributed by atoms with Crippen molar-refractivity contribution in [1.82, 2.24) is 9.55 Å². The number of carbonyl (C=O) groups is 1. The molecule has 1 aromatic carbocycles. The first-order valence-electron chi connectivity index (χ1n) is 4.93. The SMILES string of the molecule is CC(=O)c1nccn1Cc1ccc(I)cc1. The maximum atomic E-state index is 11.3. The molecular formula is C12H11IN2O. The molecule has 0 aliphatic heterocycles. The molecule has 0 fully saturated rings. The number of imidazole rings is 1. The molecule has 82 valence electrons. The van der Waals surface area contributed by atoms with Crippen LogP contribution in [0.3, 0.4) is 0 Å². The first-order chi connectivity index (χ1) is 7.66. The quantitative estimate of drug-likeness (QED) is 0.642. The number of nitrogens with zero attached hydrogens (tertiary/aromatic N) is 2. The van der Waals surface area contributed by atoms with Crippen LogP contribution in [0.25, 0.3) is 0 Å². The van der Waals surface area contributed by atoms with Crippen molar-refractivity contribution >= 4 is 28.4 Å². The highest BCUT2D eigenvalue weighted by atomic mass is 127. The molecule has 3 nitrogen and oxygen atoms in total. The van der Waals surface area contributed by atoms with Gasteiger partial charge in [0.25, 0.3) is 0 Å². The van der Waals surface area contributed by atoms with E-state index < -0.39 is 0 Å². The summed E-state index contributed by atoms with van der Waals surface area (Å²) in [7, 11) is 0. The lowest BCUT2D eigenvalue weighted by molar-refractivity contribution is 0.1000. The van der Waals surface area contributed by atoms with E-state index in [-0.39, 0.29) is 5.78 Å². The van der Waals surface area contributed by atoms with Crippen molar-refractivity contribution in [3.63, 3.8) is 0 Å². The number of ketones is 1. The third-order valence-electron chi connectivity index (χ3n) is 2.30. The summed E-state index contributed by atoms with van der Waals surface area (Å²) in [5.74, 6) is 0.508. The molecule has 1 aromatic heterocycles. The molecule has 2 rings (SSSR count). The van der Waals surface area contributed by atoms with Crippen LogP contribution in [-0.4, -0.2) is 15.3 Å². The Balaban J connectivity index is 2.23. The Kier molecular flexibility index (Phi) is 3.38. The number of hydrogen-bond donors (Lipinski definition) is 0. The van der Waals surface area contributed by atoms with Gasteiger partial charge in [-0.25, -0.2) is 4.98 Å². The fourth-order valence-corrected chi connectivity index (χ4v) is 1.90. The molecule has 0 amide bonds. The van der Waals surface area contributed by atoms with Crippen molar-refractivity contribution in [2.45, 2.75) is 13.5 Å². The summed E-state index contributed by atoms with van der Waals surface area (Å²) in [4.78, 5) is 15.3. The molecule has 16 heavy (non-hydrogen) atoms. The van der Waals surface area contributed by atoms with E-state index in [9.17, 15) is 4.79 Å². The number of aromatic nitrogens is 2. The van der Waals surface area contributed by atoms with E-state index in [0.717, 1.165) is 0 Å². The van der Waals surface area contributed by atoms with Gasteiger partial charge in [-0.2, -0.15) is 0 Å². The van der Waals surface area contributed by atoms with E-state index in [1.54, 1.807) is 6.20 Å². The van der Waals surface area contributed by atoms with E-state index in [1.807, 2.05) is 10.8 Å². The van der Waals surface area contributed by atoms with Gasteiger partial charge in [-0.05, 0) is 40.3 Å². The zero-order chi connectivity index (χ0) is 11.5. The minimum absolute atomic E-state index is 0.00416. The number of Topliss-reactive ketones (excluding diaryl/α,β-unsaturated/α-hetero) is 1. The predicted octanol–water partition coefficient (Wildman–Crippen LogP) is 2.74. The molecule has 4 heteroatoms. The summed E-state index contributed by atoms with van der Waals surface area (Å²) < 4.78 is 3.07. The normalized spacial score (nSPS) is 10.4. The zero-order valence-corrected chi connectivity index (χ0v) is 11.0. The van der Waals surface area contributed by atoms with Crippen LogP contribution in [0.5, 0.6) is 0 Å². The highest BCUT2D eigenvalue weighted by Crippen LogP contribution is 2.09. The lowest BCUT2D eigenvalue weighted by atomic mass is 10.2. The smallest absolute Gasteiger partial charge is 0.195 e. The first kappa shape index (κ1) is 11.3. The van der Waals surface area contributed by atoms with E-state index in [2.05, 4.69) is 51.8 Å². The van der Waals surface area contributed by atoms with Crippen molar-refractivity contribution in [3.8, 4) is 0 Å². The van der Waals surface area contributed by atoms with Crippen LogP contribution < -0.4 is 0 Å². The Morgan fingerprint density at radius 1 is 1.38 bits per heavy atom. The van der Waals surface area contributed by atoms with Gasteiger partial charge >= 0.3 is 0 Å². The maximum Gasteiger partial charge on any atom is 0.195 e. The van der Waals surface area contributed by atoms with Crippen LogP contribution in [0.15, 0.2) is 36.7 Å². The van der Waals surface area contributed by atoms with Gasteiger partial charge in [-0.3, -0.25) is 4.79 Å². The molecule has 0 spiro atoms. The molecule has 0 saturated heterocycles. The number of halogens is 1. The third-order valence-corrected chi connectivity index (χ3v) is 3.02. The molecule has 2 aromatic rings. The maximum absolute atomic E-state index is 11.3. The van der Waals surface area contributed by atoms with Gasteiger partial charge in [-0.15, -0.1) is 0 Å². The average Bonchev–Trinajstić information content (AvgIpc) is 2.69. The molecule has 0 aliphatic carbocycles. The van der Waals surface area contributed by atoms with Gasteiger partial charge in [0.2, 0.25) is 0 Å². The van der Waals surface area contributed by atoms with Crippen LogP contribution in [0, 0.1) is 3.57 Å². The Morgan fingerprint density at radius 3 is 2.69 bits per heavy atom. The van der Waals surface area contributed by atoms with Crippen LogP contribution >= 0.6 is 22.6 Å². The van der Waals surface area contributed by atoms with Crippen molar-refractivity contribution in [2.24, 2.45) is 0 Å². The molecule has 0 saturated carbocycles. The van der Waals surface area contributed by atoms with Crippen molar-refractivity contribution in [3.05, 3.63) is 51.6 Å². The lowest BCUT2D eigenvalue weighted by Gasteiger charge is -2.05. The van der Waals surface area contributed by atoms with E-state index >= 15 is 0 Å². The Bertz CT molecular complexity index is 502. The summed E-state index contributed by atoms with van der Waals surface area (Å²) in [6.07, 6.45) is 3.48. The van der Waals surface area contributed by atoms with Gasteiger partial charge in [0.1, 0.15) is 0 Å². The van der Waals surface area contributed by atoms with Gasteiger partial charge in [0.05, 0.1) is 0 Å². The van der Waals surface area contributed by atoms with Gasteiger partial charge in [0.15, 0.2) is 11.6 Å². The Hall–Kier alpha value is -1.17. The van der Waals surface area contributed by atoms with Gasteiger partial charge in [0, 0.05) is 29.4 Å². The zero-order valence-electron chi connectivity index (χ0n) is 8.85. The number of benzene rings is 1. The first-order valence-corrected chi connectivity index (χ1v) is 6.01. The Morgan fingerprint density at radius 2 is 2.06 bits per heavy atom. The van der Waals surface area contributed by atoms with E-state index in [0.29, 0.717) is 12.4 Å². The Labute approximate surface area is 108 Å². The summed E-state index contributed by atoms with van der Waals surface area (Å²) in [6, 6.07) is 8.23. The summed E-state index contributed by atoms with van der Waals surface area (Å²) in [5.41, 5.74) is 1.17. The van der Waals surface area contributed by atoms with Crippen LogP contribution in [0.4, 0.5) is 0 Å². The molecule has 0 radical (unpaired) electrons. The van der Waals surface area contributed by atoms with Crippen molar-refractivity contribution < 1.29 is 4.79 Å².